The molecule has 29 heavy (non-hydrogen) atoms. The lowest BCUT2D eigenvalue weighted by atomic mass is 10.1. The van der Waals surface area contributed by atoms with Crippen LogP contribution in [-0.2, 0) is 22.8 Å². The Balaban J connectivity index is 1.56. The third-order valence-corrected chi connectivity index (χ3v) is 6.02. The van der Waals surface area contributed by atoms with E-state index in [1.807, 2.05) is 11.6 Å². The van der Waals surface area contributed by atoms with E-state index in [0.29, 0.717) is 11.1 Å². The number of thioether (sulfide) groups is 1. The van der Waals surface area contributed by atoms with Gasteiger partial charge in [0.1, 0.15) is 12.4 Å². The molecule has 1 aromatic carbocycles. The SMILES string of the molecule is CC(Sc1nnc(C2CC2)n1C)C(=O)N1CC(=O)Nc2cc(C(F)(F)F)ccc21. The molecule has 2 amide bonds. The Hall–Kier alpha value is -2.56. The normalized spacial score (nSPS) is 17.7. The van der Waals surface area contributed by atoms with Crippen LogP contribution in [0.1, 0.15) is 37.1 Å². The Bertz CT molecular complexity index is 986. The molecule has 1 aromatic heterocycles. The van der Waals surface area contributed by atoms with Gasteiger partial charge in [0.2, 0.25) is 11.8 Å². The summed E-state index contributed by atoms with van der Waals surface area (Å²) < 4.78 is 40.8. The Morgan fingerprint density at radius 1 is 1.31 bits per heavy atom. The summed E-state index contributed by atoms with van der Waals surface area (Å²) in [5.41, 5.74) is -0.678. The molecular weight excluding hydrogens is 407 g/mol. The van der Waals surface area contributed by atoms with Crippen LogP contribution in [0.3, 0.4) is 0 Å². The number of nitrogens with one attached hydrogen (secondary N) is 1. The number of anilines is 2. The molecule has 7 nitrogen and oxygen atoms in total. The molecule has 11 heteroatoms. The minimum atomic E-state index is -4.54. The van der Waals surface area contributed by atoms with Gasteiger partial charge in [-0.25, -0.2) is 0 Å². The highest BCUT2D eigenvalue weighted by atomic mass is 32.2. The van der Waals surface area contributed by atoms with Crippen molar-refractivity contribution in [3.05, 3.63) is 29.6 Å². The number of carbonyl (C=O) groups excluding carboxylic acids is 2. The van der Waals surface area contributed by atoms with Gasteiger partial charge in [-0.15, -0.1) is 10.2 Å². The fourth-order valence-corrected chi connectivity index (χ4v) is 4.10. The van der Waals surface area contributed by atoms with Gasteiger partial charge in [0.25, 0.3) is 0 Å². The number of benzene rings is 1. The molecule has 1 fully saturated rings. The zero-order valence-electron chi connectivity index (χ0n) is 15.7. The van der Waals surface area contributed by atoms with Gasteiger partial charge in [-0.2, -0.15) is 13.2 Å². The molecule has 0 spiro atoms. The first-order valence-electron chi connectivity index (χ1n) is 9.03. The van der Waals surface area contributed by atoms with E-state index < -0.39 is 22.9 Å². The number of hydrogen-bond donors (Lipinski definition) is 1. The van der Waals surface area contributed by atoms with Gasteiger partial charge in [0.05, 0.1) is 22.2 Å². The Morgan fingerprint density at radius 3 is 2.69 bits per heavy atom. The lowest BCUT2D eigenvalue weighted by Gasteiger charge is -2.31. The second-order valence-electron chi connectivity index (χ2n) is 7.14. The van der Waals surface area contributed by atoms with Gasteiger partial charge in [0.15, 0.2) is 5.16 Å². The largest absolute Gasteiger partial charge is 0.416 e. The molecule has 4 rings (SSSR count). The van der Waals surface area contributed by atoms with E-state index in [4.69, 9.17) is 0 Å². The van der Waals surface area contributed by atoms with E-state index in [0.717, 1.165) is 30.8 Å². The topological polar surface area (TPSA) is 80.1 Å². The van der Waals surface area contributed by atoms with E-state index in [2.05, 4.69) is 15.5 Å². The average Bonchev–Trinajstić information content (AvgIpc) is 3.43. The summed E-state index contributed by atoms with van der Waals surface area (Å²) >= 11 is 1.21. The number of carbonyl (C=O) groups is 2. The average molecular weight is 425 g/mol. The van der Waals surface area contributed by atoms with Crippen LogP contribution < -0.4 is 10.2 Å². The summed E-state index contributed by atoms with van der Waals surface area (Å²) in [4.78, 5) is 26.2. The van der Waals surface area contributed by atoms with Crippen molar-refractivity contribution in [3.63, 3.8) is 0 Å². The van der Waals surface area contributed by atoms with Crippen molar-refractivity contribution >= 4 is 35.0 Å². The Kier molecular flexibility index (Phi) is 4.80. The second kappa shape index (κ2) is 7.05. The molecule has 0 radical (unpaired) electrons. The molecular formula is C18H18F3N5O2S. The van der Waals surface area contributed by atoms with Crippen LogP contribution in [-0.4, -0.2) is 38.4 Å². The van der Waals surface area contributed by atoms with Gasteiger partial charge in [-0.05, 0) is 38.0 Å². The zero-order valence-corrected chi connectivity index (χ0v) is 16.5. The summed E-state index contributed by atoms with van der Waals surface area (Å²) in [6.07, 6.45) is -2.39. The van der Waals surface area contributed by atoms with Crippen molar-refractivity contribution < 1.29 is 22.8 Å². The molecule has 1 saturated carbocycles. The maximum Gasteiger partial charge on any atom is 0.416 e. The van der Waals surface area contributed by atoms with Crippen molar-refractivity contribution in [2.24, 2.45) is 7.05 Å². The number of aromatic nitrogens is 3. The number of fused-ring (bicyclic) bond motifs is 1. The van der Waals surface area contributed by atoms with Crippen molar-refractivity contribution in [2.45, 2.75) is 42.3 Å². The fourth-order valence-electron chi connectivity index (χ4n) is 3.22. The van der Waals surface area contributed by atoms with Crippen LogP contribution in [0.15, 0.2) is 23.4 Å². The van der Waals surface area contributed by atoms with E-state index in [9.17, 15) is 22.8 Å². The Morgan fingerprint density at radius 2 is 2.03 bits per heavy atom. The first kappa shape index (κ1) is 19.7. The van der Waals surface area contributed by atoms with Gasteiger partial charge in [0, 0.05) is 13.0 Å². The number of hydrogen-bond acceptors (Lipinski definition) is 5. The van der Waals surface area contributed by atoms with Crippen molar-refractivity contribution in [2.75, 3.05) is 16.8 Å². The lowest BCUT2D eigenvalue weighted by Crippen LogP contribution is -2.45. The molecule has 154 valence electrons. The fraction of sp³-hybridized carbons (Fsp3) is 0.444. The molecule has 1 aliphatic heterocycles. The summed E-state index contributed by atoms with van der Waals surface area (Å²) in [5, 5.41) is 10.7. The number of halogens is 3. The van der Waals surface area contributed by atoms with Gasteiger partial charge >= 0.3 is 6.18 Å². The Labute approximate surface area is 168 Å². The molecule has 2 aromatic rings. The maximum atomic E-state index is 13.0. The second-order valence-corrected chi connectivity index (χ2v) is 8.44. The van der Waals surface area contributed by atoms with Crippen LogP contribution in [0, 0.1) is 0 Å². The van der Waals surface area contributed by atoms with Crippen LogP contribution in [0.25, 0.3) is 0 Å². The van der Waals surface area contributed by atoms with Gasteiger partial charge < -0.3 is 9.88 Å². The summed E-state index contributed by atoms with van der Waals surface area (Å²) in [6, 6.07) is 2.95. The van der Waals surface area contributed by atoms with Gasteiger partial charge in [-0.1, -0.05) is 11.8 Å². The smallest absolute Gasteiger partial charge is 0.323 e. The van der Waals surface area contributed by atoms with Crippen LogP contribution >= 0.6 is 11.8 Å². The molecule has 2 aliphatic rings. The number of alkyl halides is 3. The van der Waals surface area contributed by atoms with E-state index in [1.165, 1.54) is 22.7 Å². The van der Waals surface area contributed by atoms with E-state index in [1.54, 1.807) is 6.92 Å². The minimum absolute atomic E-state index is 0.0312. The highest BCUT2D eigenvalue weighted by molar-refractivity contribution is 8.00. The van der Waals surface area contributed by atoms with Gasteiger partial charge in [-0.3, -0.25) is 14.5 Å². The number of nitrogens with zero attached hydrogens (tertiary/aromatic N) is 4. The predicted octanol–water partition coefficient (Wildman–Crippen LogP) is 3.18. The van der Waals surface area contributed by atoms with Crippen LogP contribution in [0.5, 0.6) is 0 Å². The molecule has 2 heterocycles. The quantitative estimate of drug-likeness (QED) is 0.762. The molecule has 1 atom stereocenters. The van der Waals surface area contributed by atoms with E-state index in [-0.39, 0.29) is 23.8 Å². The van der Waals surface area contributed by atoms with Crippen molar-refractivity contribution in [1.82, 2.24) is 14.8 Å². The van der Waals surface area contributed by atoms with E-state index >= 15 is 0 Å². The molecule has 1 aliphatic carbocycles. The molecule has 0 bridgehead atoms. The summed E-state index contributed by atoms with van der Waals surface area (Å²) in [6.45, 7) is 1.42. The highest BCUT2D eigenvalue weighted by Crippen LogP contribution is 2.40. The van der Waals surface area contributed by atoms with Crippen LogP contribution in [0.2, 0.25) is 0 Å². The first-order valence-corrected chi connectivity index (χ1v) is 9.91. The third-order valence-electron chi connectivity index (χ3n) is 4.90. The third kappa shape index (κ3) is 3.83. The van der Waals surface area contributed by atoms with Crippen molar-refractivity contribution in [1.29, 1.82) is 0 Å². The lowest BCUT2D eigenvalue weighted by molar-refractivity contribution is -0.137. The molecule has 0 saturated heterocycles. The summed E-state index contributed by atoms with van der Waals surface area (Å²) in [5.74, 6) is 0.363. The van der Waals surface area contributed by atoms with Crippen LogP contribution in [0.4, 0.5) is 24.5 Å². The monoisotopic (exact) mass is 425 g/mol. The predicted molar refractivity (Wildman–Crippen MR) is 101 cm³/mol. The minimum Gasteiger partial charge on any atom is -0.323 e. The molecule has 1 unspecified atom stereocenters. The summed E-state index contributed by atoms with van der Waals surface area (Å²) in [7, 11) is 1.84. The standard InChI is InChI=1S/C18H18F3N5O2S/c1-9(29-17-24-23-15(25(17)2)10-3-4-10)16(28)26-8-14(27)22-12-7-11(18(19,20)21)5-6-13(12)26/h5-7,9-10H,3-4,8H2,1-2H3,(H,22,27). The number of rotatable bonds is 4. The first-order chi connectivity index (χ1) is 13.6. The number of amides is 2. The highest BCUT2D eigenvalue weighted by Gasteiger charge is 2.36. The maximum absolute atomic E-state index is 13.0. The zero-order chi connectivity index (χ0) is 20.9. The molecule has 1 N–H and O–H groups in total. The van der Waals surface area contributed by atoms with Crippen molar-refractivity contribution in [3.8, 4) is 0 Å².